The molecule has 1 atom stereocenters. The summed E-state index contributed by atoms with van der Waals surface area (Å²) in [5.41, 5.74) is 2.14. The van der Waals surface area contributed by atoms with Gasteiger partial charge in [-0.3, -0.25) is 0 Å². The molecule has 0 aliphatic carbocycles. The number of fused-ring (bicyclic) bond motifs is 1. The summed E-state index contributed by atoms with van der Waals surface area (Å²) >= 11 is 1.11. The third-order valence-corrected chi connectivity index (χ3v) is 5.25. The number of ether oxygens (including phenoxy) is 1. The van der Waals surface area contributed by atoms with E-state index in [0.29, 0.717) is 13.2 Å². The first-order valence-corrected chi connectivity index (χ1v) is 9.70. The Balaban J connectivity index is 2.10. The van der Waals surface area contributed by atoms with Gasteiger partial charge in [0.25, 0.3) is 0 Å². The molecule has 1 aromatic heterocycles. The molecule has 2 heterocycles. The van der Waals surface area contributed by atoms with E-state index < -0.39 is 0 Å². The van der Waals surface area contributed by atoms with Crippen LogP contribution in [0.3, 0.4) is 0 Å². The molecule has 0 spiro atoms. The fourth-order valence-electron chi connectivity index (χ4n) is 2.52. The van der Waals surface area contributed by atoms with Crippen LogP contribution in [0.1, 0.15) is 17.3 Å². The monoisotopic (exact) mass is 472 g/mol. The fraction of sp³-hybridized carbons (Fsp3) is 0.643. The number of aromatic amines is 1. The third-order valence-electron chi connectivity index (χ3n) is 3.67. The van der Waals surface area contributed by atoms with Crippen LogP contribution in [0.5, 0.6) is 0 Å². The van der Waals surface area contributed by atoms with Crippen molar-refractivity contribution in [1.82, 2.24) is 14.8 Å². The van der Waals surface area contributed by atoms with Crippen LogP contribution in [0.4, 0.5) is 0 Å². The first kappa shape index (κ1) is 16.1. The molecule has 20 heavy (non-hydrogen) atoms. The Labute approximate surface area is 136 Å². The van der Waals surface area contributed by atoms with Crippen molar-refractivity contribution in [2.45, 2.75) is 12.5 Å². The summed E-state index contributed by atoms with van der Waals surface area (Å²) in [5, 5.41) is 0. The molecular weight excluding hydrogens is 449 g/mol. The van der Waals surface area contributed by atoms with Crippen LogP contribution in [0.15, 0.2) is 17.1 Å². The van der Waals surface area contributed by atoms with Gasteiger partial charge in [-0.25, -0.2) is 0 Å². The number of nitrogens with zero attached hydrogens (tertiary/aromatic N) is 2. The van der Waals surface area contributed by atoms with Gasteiger partial charge >= 0.3 is 136 Å². The maximum absolute atomic E-state index is 12.2. The van der Waals surface area contributed by atoms with Gasteiger partial charge in [0.1, 0.15) is 0 Å². The Kier molecular flexibility index (Phi) is 6.19. The van der Waals surface area contributed by atoms with Gasteiger partial charge in [-0.05, 0) is 0 Å². The van der Waals surface area contributed by atoms with Crippen LogP contribution in [0.25, 0.3) is 0 Å². The van der Waals surface area contributed by atoms with Crippen LogP contribution >= 0.6 is 0 Å². The standard InChI is InChI=1S/C14H22N3O2.Pb/c1-16(2)8-9-19-10-12-14-11(5-7-17(12)3)15-6-4-13(14)18;/h4,6,12H,3,5,7-10H2,1-2H3,(H,15,18);. The van der Waals surface area contributed by atoms with Crippen LogP contribution in [0, 0.1) is 0 Å². The van der Waals surface area contributed by atoms with Crippen LogP contribution < -0.4 is 5.43 Å². The van der Waals surface area contributed by atoms with E-state index in [-0.39, 0.29) is 11.5 Å². The van der Waals surface area contributed by atoms with Crippen molar-refractivity contribution < 1.29 is 4.74 Å². The van der Waals surface area contributed by atoms with Crippen LogP contribution in [-0.4, -0.2) is 85.1 Å². The predicted octanol–water partition coefficient (Wildman–Crippen LogP) is -0.0217. The van der Waals surface area contributed by atoms with Crippen molar-refractivity contribution in [2.75, 3.05) is 44.5 Å². The number of nitrogens with one attached hydrogen (secondary N) is 1. The van der Waals surface area contributed by atoms with E-state index in [1.165, 1.54) is 0 Å². The first-order valence-electron chi connectivity index (χ1n) is 6.95. The normalized spacial score (nSPS) is 19.3. The van der Waals surface area contributed by atoms with E-state index >= 15 is 0 Å². The van der Waals surface area contributed by atoms with Gasteiger partial charge in [0.05, 0.1) is 0 Å². The molecule has 1 unspecified atom stereocenters. The summed E-state index contributed by atoms with van der Waals surface area (Å²) in [6, 6.07) is 1.74. The second kappa shape index (κ2) is 7.67. The Bertz CT molecular complexity index is 490. The Morgan fingerprint density at radius 2 is 2.35 bits per heavy atom. The molecule has 1 aliphatic rings. The van der Waals surface area contributed by atoms with Gasteiger partial charge in [-0.1, -0.05) is 0 Å². The number of H-pyrrole nitrogens is 1. The van der Waals surface area contributed by atoms with Crippen LogP contribution in [0.2, 0.25) is 0 Å². The number of likely N-dealkylation sites (N-methyl/N-ethyl adjacent to an activating group) is 1. The summed E-state index contributed by atoms with van der Waals surface area (Å²) in [6.07, 6.45) is 2.68. The Morgan fingerprint density at radius 3 is 3.05 bits per heavy atom. The van der Waals surface area contributed by atoms with Gasteiger partial charge < -0.3 is 0 Å². The summed E-state index contributed by atoms with van der Waals surface area (Å²) < 4.78 is 6.89. The van der Waals surface area contributed by atoms with E-state index in [4.69, 9.17) is 4.74 Å². The summed E-state index contributed by atoms with van der Waals surface area (Å²) in [5.74, 6) is 0. The van der Waals surface area contributed by atoms with E-state index in [9.17, 15) is 4.79 Å². The SMILES string of the molecule is CN(C)CCOCC1c2c([nH]ccc2=O)CCN1[CH2][Pb]. The molecular formula is C14H22N3O2Pb. The number of hydrogen-bond acceptors (Lipinski definition) is 4. The molecule has 0 fully saturated rings. The molecule has 0 saturated heterocycles. The molecule has 0 bridgehead atoms. The van der Waals surface area contributed by atoms with E-state index in [1.807, 2.05) is 14.1 Å². The van der Waals surface area contributed by atoms with Crippen molar-refractivity contribution in [3.05, 3.63) is 33.7 Å². The zero-order valence-electron chi connectivity index (χ0n) is 12.2. The Morgan fingerprint density at radius 1 is 1.55 bits per heavy atom. The van der Waals surface area contributed by atoms with Crippen molar-refractivity contribution in [3.8, 4) is 0 Å². The Hall–Kier alpha value is -0.248. The molecule has 0 amide bonds. The molecule has 1 aliphatic heterocycles. The van der Waals surface area contributed by atoms with E-state index in [1.54, 1.807) is 12.3 Å². The zero-order chi connectivity index (χ0) is 14.5. The molecule has 109 valence electrons. The van der Waals surface area contributed by atoms with Gasteiger partial charge in [0.15, 0.2) is 0 Å². The molecule has 5 nitrogen and oxygen atoms in total. The summed E-state index contributed by atoms with van der Waals surface area (Å²) in [7, 11) is 4.07. The molecule has 0 saturated carbocycles. The van der Waals surface area contributed by atoms with Crippen molar-refractivity contribution in [2.24, 2.45) is 0 Å². The number of rotatable bonds is 6. The van der Waals surface area contributed by atoms with Gasteiger partial charge in [-0.15, -0.1) is 0 Å². The average Bonchev–Trinajstić information content (AvgIpc) is 2.43. The molecule has 1 N–H and O–H groups in total. The third kappa shape index (κ3) is 3.90. The van der Waals surface area contributed by atoms with Gasteiger partial charge in [0.2, 0.25) is 0 Å². The predicted molar refractivity (Wildman–Crippen MR) is 80.2 cm³/mol. The maximum atomic E-state index is 12.2. The molecule has 1 aromatic rings. The van der Waals surface area contributed by atoms with Gasteiger partial charge in [-0.2, -0.15) is 0 Å². The second-order valence-corrected chi connectivity index (χ2v) is 6.58. The summed E-state index contributed by atoms with van der Waals surface area (Å²) in [6.45, 7) is 3.23. The first-order chi connectivity index (χ1) is 9.63. The molecule has 0 aromatic carbocycles. The van der Waals surface area contributed by atoms with Crippen LogP contribution in [-0.2, 0) is 11.2 Å². The minimum absolute atomic E-state index is 0.114. The minimum atomic E-state index is 0.114. The van der Waals surface area contributed by atoms with Crippen molar-refractivity contribution in [3.63, 3.8) is 0 Å². The van der Waals surface area contributed by atoms with E-state index in [2.05, 4.69) is 14.8 Å². The number of pyridine rings is 1. The number of hydrogen-bond donors (Lipinski definition) is 1. The quantitative estimate of drug-likeness (QED) is 0.468. The van der Waals surface area contributed by atoms with Gasteiger partial charge in [0, 0.05) is 0 Å². The van der Waals surface area contributed by atoms with Crippen molar-refractivity contribution in [1.29, 1.82) is 0 Å². The van der Waals surface area contributed by atoms with E-state index in [0.717, 1.165) is 60.6 Å². The molecule has 2 rings (SSSR count). The summed E-state index contributed by atoms with van der Waals surface area (Å²) in [4.78, 5) is 19.9. The number of aromatic nitrogens is 1. The average molecular weight is 472 g/mol. The fourth-order valence-corrected chi connectivity index (χ4v) is 3.99. The zero-order valence-corrected chi connectivity index (χ0v) is 16.1. The second-order valence-electron chi connectivity index (χ2n) is 5.35. The molecule has 3 radical (unpaired) electrons. The van der Waals surface area contributed by atoms with Crippen molar-refractivity contribution >= 4 is 25.8 Å². The molecule has 6 heteroatoms. The topological polar surface area (TPSA) is 48.6 Å².